The van der Waals surface area contributed by atoms with Crippen molar-refractivity contribution >= 4 is 0 Å². The molecule has 2 heteroatoms. The second-order valence-corrected chi connectivity index (χ2v) is 6.80. The van der Waals surface area contributed by atoms with E-state index in [9.17, 15) is 0 Å². The van der Waals surface area contributed by atoms with Crippen molar-refractivity contribution in [3.63, 3.8) is 0 Å². The summed E-state index contributed by atoms with van der Waals surface area (Å²) in [5.41, 5.74) is 3.00. The average Bonchev–Trinajstić information content (AvgIpc) is 2.55. The van der Waals surface area contributed by atoms with Crippen LogP contribution in [0, 0.1) is 5.92 Å². The molecular weight excluding hydrogens is 258 g/mol. The summed E-state index contributed by atoms with van der Waals surface area (Å²) in [7, 11) is 1.76. The number of fused-ring (bicyclic) bond motifs is 1. The summed E-state index contributed by atoms with van der Waals surface area (Å²) in [5, 5.41) is 3.96. The molecule has 3 rings (SSSR count). The van der Waals surface area contributed by atoms with Crippen molar-refractivity contribution < 1.29 is 4.74 Å². The highest BCUT2D eigenvalue weighted by Crippen LogP contribution is 2.34. The molecule has 0 aliphatic heterocycles. The predicted molar refractivity (Wildman–Crippen MR) is 87.8 cm³/mol. The van der Waals surface area contributed by atoms with Crippen molar-refractivity contribution in [3.05, 3.63) is 29.3 Å². The van der Waals surface area contributed by atoms with Crippen molar-refractivity contribution in [2.75, 3.05) is 7.11 Å². The van der Waals surface area contributed by atoms with E-state index in [1.807, 2.05) is 0 Å². The zero-order valence-corrected chi connectivity index (χ0v) is 13.5. The van der Waals surface area contributed by atoms with Gasteiger partial charge in [0.25, 0.3) is 0 Å². The minimum Gasteiger partial charge on any atom is -0.497 e. The van der Waals surface area contributed by atoms with E-state index in [0.717, 1.165) is 17.7 Å². The van der Waals surface area contributed by atoms with Crippen LogP contribution in [0.3, 0.4) is 0 Å². The van der Waals surface area contributed by atoms with Crippen molar-refractivity contribution in [1.29, 1.82) is 0 Å². The molecule has 1 atom stereocenters. The maximum atomic E-state index is 5.37. The molecule has 0 spiro atoms. The molecule has 2 nitrogen and oxygen atoms in total. The van der Waals surface area contributed by atoms with Crippen LogP contribution in [-0.2, 0) is 6.42 Å². The van der Waals surface area contributed by atoms with Gasteiger partial charge in [0.05, 0.1) is 7.11 Å². The molecule has 1 fully saturated rings. The van der Waals surface area contributed by atoms with E-state index in [-0.39, 0.29) is 0 Å². The number of aryl methyl sites for hydroxylation is 1. The van der Waals surface area contributed by atoms with Crippen LogP contribution in [0.1, 0.15) is 69.0 Å². The van der Waals surface area contributed by atoms with Gasteiger partial charge < -0.3 is 10.1 Å². The Morgan fingerprint density at radius 2 is 1.95 bits per heavy atom. The van der Waals surface area contributed by atoms with Gasteiger partial charge in [-0.05, 0) is 74.1 Å². The smallest absolute Gasteiger partial charge is 0.119 e. The van der Waals surface area contributed by atoms with Crippen LogP contribution in [0.15, 0.2) is 18.2 Å². The zero-order valence-electron chi connectivity index (χ0n) is 13.5. The van der Waals surface area contributed by atoms with Crippen LogP contribution in [0.25, 0.3) is 0 Å². The normalized spacial score (nSPS) is 29.0. The molecule has 1 N–H and O–H groups in total. The maximum absolute atomic E-state index is 5.37. The highest BCUT2D eigenvalue weighted by molar-refractivity contribution is 5.39. The molecule has 0 radical (unpaired) electrons. The van der Waals surface area contributed by atoms with Crippen LogP contribution in [0.4, 0.5) is 0 Å². The Hall–Kier alpha value is -1.02. The summed E-state index contributed by atoms with van der Waals surface area (Å²) in [6.45, 7) is 2.34. The first-order chi connectivity index (χ1) is 10.3. The number of benzene rings is 1. The summed E-state index contributed by atoms with van der Waals surface area (Å²) >= 11 is 0. The Bertz CT molecular complexity index is 463. The molecule has 116 valence electrons. The lowest BCUT2D eigenvalue weighted by Crippen LogP contribution is -2.37. The first-order valence-electron chi connectivity index (χ1n) is 8.73. The first kappa shape index (κ1) is 14.9. The van der Waals surface area contributed by atoms with Crippen LogP contribution in [0.2, 0.25) is 0 Å². The van der Waals surface area contributed by atoms with E-state index < -0.39 is 0 Å². The van der Waals surface area contributed by atoms with Crippen molar-refractivity contribution in [3.8, 4) is 5.75 Å². The first-order valence-corrected chi connectivity index (χ1v) is 8.73. The van der Waals surface area contributed by atoms with E-state index in [1.165, 1.54) is 62.5 Å². The molecule has 2 aliphatic rings. The van der Waals surface area contributed by atoms with Gasteiger partial charge in [0.2, 0.25) is 0 Å². The van der Waals surface area contributed by atoms with Gasteiger partial charge in [-0.2, -0.15) is 0 Å². The lowest BCUT2D eigenvalue weighted by molar-refractivity contribution is 0.262. The largest absolute Gasteiger partial charge is 0.497 e. The molecule has 1 unspecified atom stereocenters. The molecule has 0 heterocycles. The van der Waals surface area contributed by atoms with E-state index >= 15 is 0 Å². The fourth-order valence-electron chi connectivity index (χ4n) is 4.11. The Balaban J connectivity index is 1.65. The molecule has 0 bridgehead atoms. The standard InChI is InChI=1S/C19H29NO/c1-3-14-7-9-16(10-8-14)20-19-6-4-5-15-13-17(21-2)11-12-18(15)19/h11-14,16,19-20H,3-10H2,1-2H3. The number of ether oxygens (including phenoxy) is 1. The fraction of sp³-hybridized carbons (Fsp3) is 0.684. The van der Waals surface area contributed by atoms with Crippen molar-refractivity contribution in [1.82, 2.24) is 5.32 Å². The Labute approximate surface area is 129 Å². The second-order valence-electron chi connectivity index (χ2n) is 6.80. The number of methoxy groups -OCH3 is 1. The number of nitrogens with one attached hydrogen (secondary N) is 1. The summed E-state index contributed by atoms with van der Waals surface area (Å²) in [5.74, 6) is 1.98. The van der Waals surface area contributed by atoms with E-state index in [0.29, 0.717) is 6.04 Å². The summed E-state index contributed by atoms with van der Waals surface area (Å²) < 4.78 is 5.37. The minimum absolute atomic E-state index is 0.558. The molecular formula is C19H29NO. The quantitative estimate of drug-likeness (QED) is 0.871. The number of rotatable bonds is 4. The lowest BCUT2D eigenvalue weighted by Gasteiger charge is -2.34. The predicted octanol–water partition coefficient (Wildman–Crippen LogP) is 4.63. The molecule has 1 saturated carbocycles. The summed E-state index contributed by atoms with van der Waals surface area (Å²) in [4.78, 5) is 0. The Morgan fingerprint density at radius 1 is 1.14 bits per heavy atom. The van der Waals surface area contributed by atoms with Crippen molar-refractivity contribution in [2.24, 2.45) is 5.92 Å². The van der Waals surface area contributed by atoms with Gasteiger partial charge in [-0.15, -0.1) is 0 Å². The average molecular weight is 287 g/mol. The minimum atomic E-state index is 0.558. The monoisotopic (exact) mass is 287 g/mol. The van der Waals surface area contributed by atoms with Crippen LogP contribution in [0.5, 0.6) is 5.75 Å². The van der Waals surface area contributed by atoms with E-state index in [2.05, 4.69) is 30.4 Å². The van der Waals surface area contributed by atoms with Crippen LogP contribution >= 0.6 is 0 Å². The fourth-order valence-corrected chi connectivity index (χ4v) is 4.11. The van der Waals surface area contributed by atoms with Gasteiger partial charge in [0.15, 0.2) is 0 Å². The third-order valence-electron chi connectivity index (χ3n) is 5.53. The van der Waals surface area contributed by atoms with Gasteiger partial charge in [-0.1, -0.05) is 19.4 Å². The van der Waals surface area contributed by atoms with E-state index in [4.69, 9.17) is 4.74 Å². The van der Waals surface area contributed by atoms with Gasteiger partial charge in [0, 0.05) is 12.1 Å². The van der Waals surface area contributed by atoms with Crippen molar-refractivity contribution in [2.45, 2.75) is 70.4 Å². The molecule has 0 aromatic heterocycles. The maximum Gasteiger partial charge on any atom is 0.119 e. The Kier molecular flexibility index (Phi) is 4.84. The topological polar surface area (TPSA) is 21.3 Å². The molecule has 0 saturated heterocycles. The lowest BCUT2D eigenvalue weighted by atomic mass is 9.82. The molecule has 0 amide bonds. The zero-order chi connectivity index (χ0) is 14.7. The number of hydrogen-bond acceptors (Lipinski definition) is 2. The van der Waals surface area contributed by atoms with Gasteiger partial charge >= 0.3 is 0 Å². The van der Waals surface area contributed by atoms with Crippen LogP contribution in [-0.4, -0.2) is 13.2 Å². The van der Waals surface area contributed by atoms with Gasteiger partial charge in [0.1, 0.15) is 5.75 Å². The highest BCUT2D eigenvalue weighted by atomic mass is 16.5. The van der Waals surface area contributed by atoms with E-state index in [1.54, 1.807) is 7.11 Å². The highest BCUT2D eigenvalue weighted by Gasteiger charge is 2.26. The Morgan fingerprint density at radius 3 is 2.67 bits per heavy atom. The van der Waals surface area contributed by atoms with Crippen LogP contribution < -0.4 is 10.1 Å². The third kappa shape index (κ3) is 3.42. The van der Waals surface area contributed by atoms with Gasteiger partial charge in [-0.25, -0.2) is 0 Å². The summed E-state index contributed by atoms with van der Waals surface area (Å²) in [6, 6.07) is 7.92. The third-order valence-corrected chi connectivity index (χ3v) is 5.53. The molecule has 21 heavy (non-hydrogen) atoms. The summed E-state index contributed by atoms with van der Waals surface area (Å²) in [6.07, 6.45) is 10.7. The molecule has 2 aliphatic carbocycles. The second kappa shape index (κ2) is 6.83. The SMILES string of the molecule is CCC1CCC(NC2CCCc3cc(OC)ccc32)CC1. The number of hydrogen-bond donors (Lipinski definition) is 1. The molecule has 1 aromatic rings. The van der Waals surface area contributed by atoms with Gasteiger partial charge in [-0.3, -0.25) is 0 Å². The molecule has 1 aromatic carbocycles.